The summed E-state index contributed by atoms with van der Waals surface area (Å²) >= 11 is 0. The lowest BCUT2D eigenvalue weighted by Gasteiger charge is -2.34. The predicted octanol–water partition coefficient (Wildman–Crippen LogP) is 1.10. The lowest BCUT2D eigenvalue weighted by Crippen LogP contribution is -2.44. The van der Waals surface area contributed by atoms with Gasteiger partial charge in [-0.2, -0.15) is 0 Å². The maximum absolute atomic E-state index is 11.1. The number of carbonyl (C=O) groups is 1. The Balaban J connectivity index is 1.96. The minimum atomic E-state index is -0.233. The first-order valence-electron chi connectivity index (χ1n) is 6.88. The van der Waals surface area contributed by atoms with Crippen LogP contribution in [0.1, 0.15) is 12.5 Å². The van der Waals surface area contributed by atoms with Crippen LogP contribution in [0.25, 0.3) is 0 Å². The van der Waals surface area contributed by atoms with Crippen LogP contribution in [0.5, 0.6) is 0 Å². The molecule has 1 aliphatic heterocycles. The van der Waals surface area contributed by atoms with E-state index in [1.54, 1.807) is 0 Å². The van der Waals surface area contributed by atoms with Crippen molar-refractivity contribution in [2.75, 3.05) is 38.1 Å². The SMILES string of the molecule is CC(Cc1ccc(N2CCN(C)CC2)cc1)C(N)=O. The zero-order chi connectivity index (χ0) is 13.8. The Labute approximate surface area is 115 Å². The lowest BCUT2D eigenvalue weighted by molar-refractivity contribution is -0.121. The zero-order valence-corrected chi connectivity index (χ0v) is 11.8. The molecule has 1 unspecified atom stereocenters. The van der Waals surface area contributed by atoms with E-state index in [0.29, 0.717) is 0 Å². The predicted molar refractivity (Wildman–Crippen MR) is 78.2 cm³/mol. The number of nitrogens with two attached hydrogens (primary N) is 1. The summed E-state index contributed by atoms with van der Waals surface area (Å²) in [5.74, 6) is -0.336. The van der Waals surface area contributed by atoms with Gasteiger partial charge in [0.1, 0.15) is 0 Å². The second-order valence-corrected chi connectivity index (χ2v) is 5.46. The Morgan fingerprint density at radius 3 is 2.32 bits per heavy atom. The molecule has 104 valence electrons. The van der Waals surface area contributed by atoms with Crippen LogP contribution in [0.2, 0.25) is 0 Å². The first kappa shape index (κ1) is 13.9. The smallest absolute Gasteiger partial charge is 0.220 e. The monoisotopic (exact) mass is 261 g/mol. The van der Waals surface area contributed by atoms with Crippen LogP contribution < -0.4 is 10.6 Å². The van der Waals surface area contributed by atoms with Gasteiger partial charge in [-0.1, -0.05) is 19.1 Å². The second kappa shape index (κ2) is 6.06. The summed E-state index contributed by atoms with van der Waals surface area (Å²) in [7, 11) is 2.16. The largest absolute Gasteiger partial charge is 0.369 e. The van der Waals surface area contributed by atoms with Gasteiger partial charge in [-0.3, -0.25) is 4.79 Å². The molecule has 0 bridgehead atoms. The minimum Gasteiger partial charge on any atom is -0.369 e. The number of nitrogens with zero attached hydrogens (tertiary/aromatic N) is 2. The highest BCUT2D eigenvalue weighted by atomic mass is 16.1. The van der Waals surface area contributed by atoms with Gasteiger partial charge in [0.25, 0.3) is 0 Å². The topological polar surface area (TPSA) is 49.6 Å². The summed E-state index contributed by atoms with van der Waals surface area (Å²) in [6.45, 7) is 6.25. The van der Waals surface area contributed by atoms with Crippen molar-refractivity contribution in [2.45, 2.75) is 13.3 Å². The van der Waals surface area contributed by atoms with Crippen LogP contribution in [0.15, 0.2) is 24.3 Å². The number of hydrogen-bond donors (Lipinski definition) is 1. The van der Waals surface area contributed by atoms with Gasteiger partial charge in [-0.25, -0.2) is 0 Å². The third kappa shape index (κ3) is 3.70. The standard InChI is InChI=1S/C15H23N3O/c1-12(15(16)19)11-13-3-5-14(6-4-13)18-9-7-17(2)8-10-18/h3-6,12H,7-11H2,1-2H3,(H2,16,19). The van der Waals surface area contributed by atoms with Crippen LogP contribution in [-0.4, -0.2) is 44.0 Å². The fourth-order valence-corrected chi connectivity index (χ4v) is 2.36. The molecule has 0 spiro atoms. The van der Waals surface area contributed by atoms with Gasteiger partial charge in [-0.15, -0.1) is 0 Å². The molecule has 0 saturated carbocycles. The summed E-state index contributed by atoms with van der Waals surface area (Å²) in [4.78, 5) is 15.8. The van der Waals surface area contributed by atoms with Crippen molar-refractivity contribution in [3.8, 4) is 0 Å². The Hall–Kier alpha value is -1.55. The van der Waals surface area contributed by atoms with E-state index in [9.17, 15) is 4.79 Å². The molecule has 1 amide bonds. The van der Waals surface area contributed by atoms with Crippen molar-refractivity contribution in [2.24, 2.45) is 11.7 Å². The highest BCUT2D eigenvalue weighted by Crippen LogP contribution is 2.18. The number of primary amides is 1. The average Bonchev–Trinajstić information content (AvgIpc) is 2.40. The van der Waals surface area contributed by atoms with Gasteiger partial charge in [0, 0.05) is 37.8 Å². The molecule has 2 rings (SSSR count). The Bertz CT molecular complexity index is 422. The first-order chi connectivity index (χ1) is 9.06. The first-order valence-corrected chi connectivity index (χ1v) is 6.88. The Kier molecular flexibility index (Phi) is 4.43. The average molecular weight is 261 g/mol. The molecule has 4 nitrogen and oxygen atoms in total. The summed E-state index contributed by atoms with van der Waals surface area (Å²) in [6, 6.07) is 8.50. The van der Waals surface area contributed by atoms with Crippen molar-refractivity contribution in [3.05, 3.63) is 29.8 Å². The Morgan fingerprint density at radius 1 is 1.21 bits per heavy atom. The van der Waals surface area contributed by atoms with Crippen molar-refractivity contribution in [3.63, 3.8) is 0 Å². The number of likely N-dealkylation sites (N-methyl/N-ethyl adjacent to an activating group) is 1. The minimum absolute atomic E-state index is 0.102. The molecule has 0 aromatic heterocycles. The number of carbonyl (C=O) groups excluding carboxylic acids is 1. The van der Waals surface area contributed by atoms with E-state index >= 15 is 0 Å². The van der Waals surface area contributed by atoms with E-state index in [4.69, 9.17) is 5.73 Å². The number of rotatable bonds is 4. The van der Waals surface area contributed by atoms with E-state index in [1.807, 2.05) is 6.92 Å². The van der Waals surface area contributed by atoms with E-state index in [2.05, 4.69) is 41.1 Å². The molecule has 1 aromatic rings. The Morgan fingerprint density at radius 2 is 1.79 bits per heavy atom. The van der Waals surface area contributed by atoms with Gasteiger partial charge in [0.05, 0.1) is 0 Å². The van der Waals surface area contributed by atoms with E-state index in [1.165, 1.54) is 11.3 Å². The third-order valence-corrected chi connectivity index (χ3v) is 3.83. The fraction of sp³-hybridized carbons (Fsp3) is 0.533. The van der Waals surface area contributed by atoms with Gasteiger partial charge >= 0.3 is 0 Å². The summed E-state index contributed by atoms with van der Waals surface area (Å²) in [5.41, 5.74) is 7.73. The van der Waals surface area contributed by atoms with E-state index < -0.39 is 0 Å². The molecule has 0 radical (unpaired) electrons. The molecular weight excluding hydrogens is 238 g/mol. The molecule has 19 heavy (non-hydrogen) atoms. The quantitative estimate of drug-likeness (QED) is 0.883. The molecule has 1 atom stereocenters. The number of piperazine rings is 1. The number of hydrogen-bond acceptors (Lipinski definition) is 3. The highest BCUT2D eigenvalue weighted by Gasteiger charge is 2.14. The normalized spacial score (nSPS) is 18.3. The summed E-state index contributed by atoms with van der Waals surface area (Å²) < 4.78 is 0. The molecule has 1 aliphatic rings. The number of anilines is 1. The molecule has 1 fully saturated rings. The molecular formula is C15H23N3O. The van der Waals surface area contributed by atoms with Crippen molar-refractivity contribution in [1.29, 1.82) is 0 Å². The number of benzene rings is 1. The maximum Gasteiger partial charge on any atom is 0.220 e. The zero-order valence-electron chi connectivity index (χ0n) is 11.8. The molecule has 0 aliphatic carbocycles. The summed E-state index contributed by atoms with van der Waals surface area (Å²) in [5, 5.41) is 0. The third-order valence-electron chi connectivity index (χ3n) is 3.83. The van der Waals surface area contributed by atoms with E-state index in [-0.39, 0.29) is 11.8 Å². The van der Waals surface area contributed by atoms with E-state index in [0.717, 1.165) is 32.6 Å². The van der Waals surface area contributed by atoms with Crippen molar-refractivity contribution < 1.29 is 4.79 Å². The van der Waals surface area contributed by atoms with Crippen LogP contribution in [0.4, 0.5) is 5.69 Å². The lowest BCUT2D eigenvalue weighted by atomic mass is 10.0. The summed E-state index contributed by atoms with van der Waals surface area (Å²) in [6.07, 6.45) is 0.721. The maximum atomic E-state index is 11.1. The van der Waals surface area contributed by atoms with Gasteiger partial charge in [-0.05, 0) is 31.2 Å². The molecule has 1 saturated heterocycles. The van der Waals surface area contributed by atoms with Gasteiger partial charge < -0.3 is 15.5 Å². The second-order valence-electron chi connectivity index (χ2n) is 5.46. The number of amides is 1. The molecule has 1 heterocycles. The van der Waals surface area contributed by atoms with Gasteiger partial charge in [0.15, 0.2) is 0 Å². The fourth-order valence-electron chi connectivity index (χ4n) is 2.36. The van der Waals surface area contributed by atoms with Crippen LogP contribution in [0, 0.1) is 5.92 Å². The van der Waals surface area contributed by atoms with Gasteiger partial charge in [0.2, 0.25) is 5.91 Å². The molecule has 1 aromatic carbocycles. The van der Waals surface area contributed by atoms with Crippen LogP contribution in [0.3, 0.4) is 0 Å². The van der Waals surface area contributed by atoms with Crippen molar-refractivity contribution in [1.82, 2.24) is 4.90 Å². The molecule has 2 N–H and O–H groups in total. The van der Waals surface area contributed by atoms with Crippen LogP contribution in [-0.2, 0) is 11.2 Å². The van der Waals surface area contributed by atoms with Crippen molar-refractivity contribution >= 4 is 11.6 Å². The molecule has 4 heteroatoms. The van der Waals surface area contributed by atoms with Crippen LogP contribution >= 0.6 is 0 Å². The highest BCUT2D eigenvalue weighted by molar-refractivity contribution is 5.76.